The highest BCUT2D eigenvalue weighted by Gasteiger charge is 2.37. The smallest absolute Gasteiger partial charge is 0.139 e. The molecule has 0 heterocycles. The maximum absolute atomic E-state index is 12.3. The van der Waals surface area contributed by atoms with Gasteiger partial charge in [-0.2, -0.15) is 0 Å². The Labute approximate surface area is 142 Å². The van der Waals surface area contributed by atoms with E-state index in [2.05, 4.69) is 0 Å². The van der Waals surface area contributed by atoms with Gasteiger partial charge in [0.15, 0.2) is 0 Å². The van der Waals surface area contributed by atoms with Crippen LogP contribution in [0.2, 0.25) is 5.02 Å². The minimum Gasteiger partial charge on any atom is -0.302 e. The maximum atomic E-state index is 12.3. The van der Waals surface area contributed by atoms with Crippen molar-refractivity contribution in [3.63, 3.8) is 0 Å². The molecule has 0 unspecified atom stereocenters. The van der Waals surface area contributed by atoms with Crippen LogP contribution >= 0.6 is 11.6 Å². The van der Waals surface area contributed by atoms with E-state index in [-0.39, 0.29) is 7.43 Å². The Morgan fingerprint density at radius 2 is 1.13 bits per heavy atom. The second-order valence-electron chi connectivity index (χ2n) is 5.14. The van der Waals surface area contributed by atoms with Crippen LogP contribution in [0, 0.1) is 0 Å². The number of benzene rings is 3. The molecule has 0 radical (unpaired) electrons. The number of halogens is 1. The third-order valence-corrected chi connectivity index (χ3v) is 4.26. The van der Waals surface area contributed by atoms with E-state index >= 15 is 0 Å². The van der Waals surface area contributed by atoms with Gasteiger partial charge in [-0.25, -0.2) is 0 Å². The molecule has 0 atom stereocenters. The van der Waals surface area contributed by atoms with Crippen LogP contribution in [0.1, 0.15) is 24.1 Å². The molecular weight excluding hydrogens is 304 g/mol. The van der Waals surface area contributed by atoms with Crippen molar-refractivity contribution in [2.24, 2.45) is 0 Å². The van der Waals surface area contributed by atoms with Gasteiger partial charge in [-0.05, 0) is 22.8 Å². The van der Waals surface area contributed by atoms with Crippen molar-refractivity contribution in [1.29, 1.82) is 0 Å². The van der Waals surface area contributed by atoms with Crippen LogP contribution in [-0.2, 0) is 10.2 Å². The maximum Gasteiger partial charge on any atom is 0.139 e. The highest BCUT2D eigenvalue weighted by Crippen LogP contribution is 2.40. The molecule has 116 valence electrons. The molecule has 0 N–H and O–H groups in total. The summed E-state index contributed by atoms with van der Waals surface area (Å²) in [5.74, 6) is 0. The summed E-state index contributed by atoms with van der Waals surface area (Å²) in [6.07, 6.45) is 0.985. The summed E-state index contributed by atoms with van der Waals surface area (Å²) in [6.45, 7) is 0. The van der Waals surface area contributed by atoms with E-state index in [1.165, 1.54) is 0 Å². The molecule has 0 bridgehead atoms. The molecule has 0 spiro atoms. The highest BCUT2D eigenvalue weighted by atomic mass is 35.5. The molecule has 0 aliphatic carbocycles. The van der Waals surface area contributed by atoms with E-state index in [1.807, 2.05) is 84.9 Å². The topological polar surface area (TPSA) is 17.1 Å². The van der Waals surface area contributed by atoms with Gasteiger partial charge >= 0.3 is 0 Å². The third-order valence-electron chi connectivity index (χ3n) is 3.93. The van der Waals surface area contributed by atoms with Gasteiger partial charge < -0.3 is 4.79 Å². The van der Waals surface area contributed by atoms with E-state index in [0.29, 0.717) is 5.02 Å². The van der Waals surface area contributed by atoms with Crippen molar-refractivity contribution in [2.75, 3.05) is 0 Å². The zero-order valence-corrected chi connectivity index (χ0v) is 12.7. The van der Waals surface area contributed by atoms with Crippen LogP contribution in [0.4, 0.5) is 0 Å². The number of hydrogen-bond donors (Lipinski definition) is 0. The summed E-state index contributed by atoms with van der Waals surface area (Å²) in [7, 11) is 0. The minimum atomic E-state index is -0.902. The van der Waals surface area contributed by atoms with Gasteiger partial charge in [0, 0.05) is 5.02 Å². The second-order valence-corrected chi connectivity index (χ2v) is 5.54. The molecule has 3 aromatic rings. The van der Waals surface area contributed by atoms with Gasteiger partial charge in [0.2, 0.25) is 0 Å². The Balaban J connectivity index is 0.00000192. The Morgan fingerprint density at radius 1 is 0.696 bits per heavy atom. The number of rotatable bonds is 4. The fraction of sp³-hybridized carbons (Fsp3) is 0.0952. The molecule has 0 aromatic heterocycles. The second kappa shape index (κ2) is 7.26. The Hall–Kier alpha value is -2.38. The number of hydrogen-bond acceptors (Lipinski definition) is 1. The lowest BCUT2D eigenvalue weighted by molar-refractivity contribution is -0.110. The molecule has 0 fully saturated rings. The van der Waals surface area contributed by atoms with Crippen LogP contribution < -0.4 is 0 Å². The van der Waals surface area contributed by atoms with Crippen molar-refractivity contribution < 1.29 is 4.79 Å². The highest BCUT2D eigenvalue weighted by molar-refractivity contribution is 6.31. The lowest BCUT2D eigenvalue weighted by Crippen LogP contribution is -2.31. The van der Waals surface area contributed by atoms with E-state index in [9.17, 15) is 4.79 Å². The molecule has 3 rings (SSSR count). The summed E-state index contributed by atoms with van der Waals surface area (Å²) >= 11 is 6.43. The van der Waals surface area contributed by atoms with E-state index < -0.39 is 5.41 Å². The summed E-state index contributed by atoms with van der Waals surface area (Å²) in [5, 5.41) is 0.585. The van der Waals surface area contributed by atoms with Crippen LogP contribution in [0.3, 0.4) is 0 Å². The van der Waals surface area contributed by atoms with Gasteiger partial charge in [0.1, 0.15) is 11.7 Å². The van der Waals surface area contributed by atoms with Gasteiger partial charge in [-0.1, -0.05) is 97.9 Å². The molecule has 0 saturated carbocycles. The lowest BCUT2D eigenvalue weighted by atomic mass is 9.70. The van der Waals surface area contributed by atoms with Crippen LogP contribution in [-0.4, -0.2) is 6.29 Å². The Bertz CT molecular complexity index is 727. The van der Waals surface area contributed by atoms with Crippen molar-refractivity contribution >= 4 is 17.9 Å². The first kappa shape index (κ1) is 17.0. The standard InChI is InChI=1S/C20H15ClO.CH4/c21-19-14-8-7-13-18(19)20(15-22,16-9-3-1-4-10-16)17-11-5-2-6-12-17;/h1-15H;1H4. The van der Waals surface area contributed by atoms with Crippen LogP contribution in [0.15, 0.2) is 84.9 Å². The number of aldehydes is 1. The average molecular weight is 323 g/mol. The van der Waals surface area contributed by atoms with Crippen LogP contribution in [0.5, 0.6) is 0 Å². The first-order valence-corrected chi connectivity index (χ1v) is 7.49. The van der Waals surface area contributed by atoms with Crippen molar-refractivity contribution in [1.82, 2.24) is 0 Å². The molecule has 3 aromatic carbocycles. The van der Waals surface area contributed by atoms with Gasteiger partial charge in [0.25, 0.3) is 0 Å². The molecule has 2 heteroatoms. The molecule has 0 aliphatic heterocycles. The van der Waals surface area contributed by atoms with Gasteiger partial charge in [0.05, 0.1) is 0 Å². The monoisotopic (exact) mass is 322 g/mol. The molecule has 0 amide bonds. The predicted molar refractivity (Wildman–Crippen MR) is 97.0 cm³/mol. The fourth-order valence-corrected chi connectivity index (χ4v) is 3.15. The van der Waals surface area contributed by atoms with Gasteiger partial charge in [-0.3, -0.25) is 0 Å². The summed E-state index contributed by atoms with van der Waals surface area (Å²) < 4.78 is 0. The Morgan fingerprint density at radius 3 is 1.57 bits per heavy atom. The summed E-state index contributed by atoms with van der Waals surface area (Å²) in [5.41, 5.74) is 1.71. The Kier molecular flexibility index (Phi) is 5.36. The quantitative estimate of drug-likeness (QED) is 0.457. The fourth-order valence-electron chi connectivity index (χ4n) is 2.86. The predicted octanol–water partition coefficient (Wildman–Crippen LogP) is 5.51. The van der Waals surface area contributed by atoms with E-state index in [4.69, 9.17) is 11.6 Å². The lowest BCUT2D eigenvalue weighted by Gasteiger charge is -2.30. The normalized spacial score (nSPS) is 10.7. The minimum absolute atomic E-state index is 0. The van der Waals surface area contributed by atoms with E-state index in [1.54, 1.807) is 0 Å². The van der Waals surface area contributed by atoms with Crippen molar-refractivity contribution in [3.05, 3.63) is 107 Å². The molecule has 23 heavy (non-hydrogen) atoms. The first-order valence-electron chi connectivity index (χ1n) is 7.11. The molecule has 1 nitrogen and oxygen atoms in total. The summed E-state index contributed by atoms with van der Waals surface area (Å²) in [6, 6.07) is 27.0. The number of carbonyl (C=O) groups excluding carboxylic acids is 1. The SMILES string of the molecule is C.O=CC(c1ccccc1)(c1ccccc1)c1ccccc1Cl. The largest absolute Gasteiger partial charge is 0.302 e. The summed E-state index contributed by atoms with van der Waals surface area (Å²) in [4.78, 5) is 12.3. The van der Waals surface area contributed by atoms with Crippen molar-refractivity contribution in [3.8, 4) is 0 Å². The zero-order chi connectivity index (χ0) is 15.4. The zero-order valence-electron chi connectivity index (χ0n) is 11.9. The van der Waals surface area contributed by atoms with Crippen LogP contribution in [0.25, 0.3) is 0 Å². The molecule has 0 aliphatic rings. The molecular formula is C21H19ClO. The number of carbonyl (C=O) groups is 1. The van der Waals surface area contributed by atoms with E-state index in [0.717, 1.165) is 23.0 Å². The third kappa shape index (κ3) is 2.93. The average Bonchev–Trinajstić information content (AvgIpc) is 2.59. The molecule has 0 saturated heterocycles. The van der Waals surface area contributed by atoms with Crippen molar-refractivity contribution in [2.45, 2.75) is 12.8 Å². The first-order chi connectivity index (χ1) is 10.8. The van der Waals surface area contributed by atoms with Gasteiger partial charge in [-0.15, -0.1) is 0 Å².